The van der Waals surface area contributed by atoms with Crippen molar-refractivity contribution in [1.29, 1.82) is 0 Å². The van der Waals surface area contributed by atoms with Gasteiger partial charge in [-0.25, -0.2) is 0 Å². The molecule has 1 fully saturated rings. The summed E-state index contributed by atoms with van der Waals surface area (Å²) in [4.78, 5) is 0. The first kappa shape index (κ1) is 29.6. The Hall–Kier alpha value is -2.38. The zero-order chi connectivity index (χ0) is 28.0. The molecule has 0 aliphatic carbocycles. The van der Waals surface area contributed by atoms with Crippen molar-refractivity contribution in [3.8, 4) is 11.5 Å². The highest BCUT2D eigenvalue weighted by atomic mass is 16.6. The lowest BCUT2D eigenvalue weighted by molar-refractivity contribution is -0.0886. The molecule has 0 bridgehead atoms. The molecule has 39 heavy (non-hydrogen) atoms. The molecule has 3 aromatic carbocycles. The summed E-state index contributed by atoms with van der Waals surface area (Å²) < 4.78 is 30.1. The molecule has 6 nitrogen and oxygen atoms in total. The van der Waals surface area contributed by atoms with Crippen LogP contribution in [0.3, 0.4) is 0 Å². The van der Waals surface area contributed by atoms with E-state index in [1.807, 2.05) is 24.3 Å². The number of fused-ring (bicyclic) bond motifs is 2. The standard InChI is InChI=1S/C33H46O6/c1-7-23(35-18-24(8-2)37-20-26-21-38-26)17-36-25(9-3)19-39-32-28-13-11-10-12-27(28)31(34)30-16-22(33(4,5)6)14-15-29(30)32/h10-16,23-26,34H,7-9,17-21H2,1-6H3. The fourth-order valence-corrected chi connectivity index (χ4v) is 4.66. The Morgan fingerprint density at radius 2 is 1.36 bits per heavy atom. The highest BCUT2D eigenvalue weighted by Gasteiger charge is 2.25. The molecular weight excluding hydrogens is 492 g/mol. The average Bonchev–Trinajstić information content (AvgIpc) is 3.77. The predicted octanol–water partition coefficient (Wildman–Crippen LogP) is 7.16. The van der Waals surface area contributed by atoms with Gasteiger partial charge in [0.05, 0.1) is 44.7 Å². The number of aromatic hydroxyl groups is 1. The molecule has 4 rings (SSSR count). The van der Waals surface area contributed by atoms with Gasteiger partial charge >= 0.3 is 0 Å². The summed E-state index contributed by atoms with van der Waals surface area (Å²) in [5.74, 6) is 1.08. The number of hydrogen-bond donors (Lipinski definition) is 1. The second-order valence-electron chi connectivity index (χ2n) is 11.6. The maximum absolute atomic E-state index is 11.2. The molecule has 1 aliphatic rings. The largest absolute Gasteiger partial charge is 0.507 e. The number of phenols is 1. The molecule has 0 amide bonds. The van der Waals surface area contributed by atoms with E-state index >= 15 is 0 Å². The van der Waals surface area contributed by atoms with E-state index in [0.717, 1.165) is 53.2 Å². The SMILES string of the molecule is CCC(COc1c2ccccc2c(O)c2cc(C(C)(C)C)ccc12)OCC(CC)OCC(CC)OCC1CO1. The van der Waals surface area contributed by atoms with Crippen LogP contribution in [0.1, 0.15) is 66.4 Å². The fraction of sp³-hybridized carbons (Fsp3) is 0.576. The number of ether oxygens (including phenoxy) is 5. The van der Waals surface area contributed by atoms with Crippen LogP contribution in [0, 0.1) is 0 Å². The molecule has 1 saturated heterocycles. The first-order chi connectivity index (χ1) is 18.7. The van der Waals surface area contributed by atoms with Gasteiger partial charge in [-0.1, -0.05) is 77.9 Å². The molecule has 0 saturated carbocycles. The van der Waals surface area contributed by atoms with E-state index in [-0.39, 0.29) is 29.8 Å². The van der Waals surface area contributed by atoms with Crippen LogP contribution in [0.15, 0.2) is 42.5 Å². The molecule has 0 radical (unpaired) electrons. The lowest BCUT2D eigenvalue weighted by atomic mass is 9.85. The van der Waals surface area contributed by atoms with Crippen LogP contribution < -0.4 is 4.74 Å². The molecule has 0 spiro atoms. The Balaban J connectivity index is 1.43. The van der Waals surface area contributed by atoms with E-state index < -0.39 is 0 Å². The Bertz CT molecular complexity index is 1210. The summed E-state index contributed by atoms with van der Waals surface area (Å²) in [7, 11) is 0. The van der Waals surface area contributed by atoms with Crippen molar-refractivity contribution in [2.75, 3.05) is 33.0 Å². The third-order valence-corrected chi connectivity index (χ3v) is 7.55. The van der Waals surface area contributed by atoms with E-state index in [1.165, 1.54) is 5.56 Å². The van der Waals surface area contributed by atoms with Gasteiger partial charge in [-0.3, -0.25) is 0 Å². The fourth-order valence-electron chi connectivity index (χ4n) is 4.66. The summed E-state index contributed by atoms with van der Waals surface area (Å²) in [6, 6.07) is 14.2. The maximum atomic E-state index is 11.2. The highest BCUT2D eigenvalue weighted by molar-refractivity contribution is 6.11. The lowest BCUT2D eigenvalue weighted by Crippen LogP contribution is -2.30. The van der Waals surface area contributed by atoms with Crippen LogP contribution in [0.25, 0.3) is 21.5 Å². The zero-order valence-electron chi connectivity index (χ0n) is 24.5. The second-order valence-corrected chi connectivity index (χ2v) is 11.6. The molecule has 1 aliphatic heterocycles. The first-order valence-corrected chi connectivity index (χ1v) is 14.5. The molecule has 214 valence electrons. The van der Waals surface area contributed by atoms with E-state index in [2.05, 4.69) is 59.7 Å². The summed E-state index contributed by atoms with van der Waals surface area (Å²) >= 11 is 0. The number of benzene rings is 3. The van der Waals surface area contributed by atoms with E-state index in [9.17, 15) is 5.11 Å². The summed E-state index contributed by atoms with van der Waals surface area (Å²) in [5.41, 5.74) is 1.14. The van der Waals surface area contributed by atoms with Crippen LogP contribution in [-0.2, 0) is 24.4 Å². The Kier molecular flexibility index (Phi) is 10.1. The van der Waals surface area contributed by atoms with Crippen LogP contribution in [0.4, 0.5) is 0 Å². The molecule has 1 heterocycles. The van der Waals surface area contributed by atoms with Gasteiger partial charge in [0, 0.05) is 21.5 Å². The third-order valence-electron chi connectivity index (χ3n) is 7.55. The van der Waals surface area contributed by atoms with Crippen LogP contribution in [-0.4, -0.2) is 62.6 Å². The molecular formula is C33H46O6. The van der Waals surface area contributed by atoms with Gasteiger partial charge in [-0.05, 0) is 36.3 Å². The van der Waals surface area contributed by atoms with Gasteiger partial charge in [-0.2, -0.15) is 0 Å². The van der Waals surface area contributed by atoms with E-state index in [1.54, 1.807) is 0 Å². The summed E-state index contributed by atoms with van der Waals surface area (Å²) in [6.07, 6.45) is 2.84. The van der Waals surface area contributed by atoms with Crippen molar-refractivity contribution >= 4 is 21.5 Å². The third kappa shape index (κ3) is 7.63. The van der Waals surface area contributed by atoms with Crippen molar-refractivity contribution in [1.82, 2.24) is 0 Å². The maximum Gasteiger partial charge on any atom is 0.135 e. The second kappa shape index (κ2) is 13.3. The minimum absolute atomic E-state index is 0.0000248. The lowest BCUT2D eigenvalue weighted by Gasteiger charge is -2.24. The molecule has 3 aromatic rings. The number of hydrogen-bond acceptors (Lipinski definition) is 6. The quantitative estimate of drug-likeness (QED) is 0.164. The Morgan fingerprint density at radius 3 is 1.95 bits per heavy atom. The van der Waals surface area contributed by atoms with E-state index in [4.69, 9.17) is 23.7 Å². The van der Waals surface area contributed by atoms with Gasteiger partial charge < -0.3 is 28.8 Å². The molecule has 6 heteroatoms. The van der Waals surface area contributed by atoms with Crippen molar-refractivity contribution in [3.05, 3.63) is 48.0 Å². The molecule has 4 unspecified atom stereocenters. The zero-order valence-corrected chi connectivity index (χ0v) is 24.5. The van der Waals surface area contributed by atoms with Crippen molar-refractivity contribution in [3.63, 3.8) is 0 Å². The summed E-state index contributed by atoms with van der Waals surface area (Å²) in [5, 5.41) is 14.6. The Morgan fingerprint density at radius 1 is 0.795 bits per heavy atom. The first-order valence-electron chi connectivity index (χ1n) is 14.5. The van der Waals surface area contributed by atoms with Gasteiger partial charge in [-0.15, -0.1) is 0 Å². The molecule has 0 aromatic heterocycles. The number of phenolic OH excluding ortho intramolecular Hbond substituents is 1. The number of rotatable bonds is 15. The van der Waals surface area contributed by atoms with Crippen LogP contribution in [0.2, 0.25) is 0 Å². The average molecular weight is 539 g/mol. The minimum atomic E-state index is -0.0793. The predicted molar refractivity (Wildman–Crippen MR) is 157 cm³/mol. The van der Waals surface area contributed by atoms with Gasteiger partial charge in [0.15, 0.2) is 0 Å². The van der Waals surface area contributed by atoms with Crippen LogP contribution >= 0.6 is 0 Å². The van der Waals surface area contributed by atoms with E-state index in [0.29, 0.717) is 32.2 Å². The van der Waals surface area contributed by atoms with Crippen molar-refractivity contribution < 1.29 is 28.8 Å². The monoisotopic (exact) mass is 538 g/mol. The minimum Gasteiger partial charge on any atom is -0.507 e. The molecule has 1 N–H and O–H groups in total. The number of epoxide rings is 1. The van der Waals surface area contributed by atoms with Gasteiger partial charge in [0.2, 0.25) is 0 Å². The Labute approximate surface area is 233 Å². The van der Waals surface area contributed by atoms with Gasteiger partial charge in [0.25, 0.3) is 0 Å². The normalized spacial score (nSPS) is 17.8. The summed E-state index contributed by atoms with van der Waals surface area (Å²) in [6.45, 7) is 15.8. The van der Waals surface area contributed by atoms with Gasteiger partial charge in [0.1, 0.15) is 24.2 Å². The van der Waals surface area contributed by atoms with Crippen molar-refractivity contribution in [2.45, 2.75) is 90.6 Å². The van der Waals surface area contributed by atoms with Crippen molar-refractivity contribution in [2.24, 2.45) is 0 Å². The molecule has 4 atom stereocenters. The highest BCUT2D eigenvalue weighted by Crippen LogP contribution is 2.43. The topological polar surface area (TPSA) is 69.7 Å². The van der Waals surface area contributed by atoms with Crippen LogP contribution in [0.5, 0.6) is 11.5 Å². The smallest absolute Gasteiger partial charge is 0.135 e.